The summed E-state index contributed by atoms with van der Waals surface area (Å²) >= 11 is 0. The molecular formula is C9H20N2O. The highest BCUT2D eigenvalue weighted by molar-refractivity contribution is 5.81. The number of nitrogens with two attached hydrogens (primary N) is 1. The molecule has 0 fully saturated rings. The maximum atomic E-state index is 11.3. The average Bonchev–Trinajstić information content (AvgIpc) is 1.96. The molecule has 0 bridgehead atoms. The van der Waals surface area contributed by atoms with Crippen LogP contribution in [0.25, 0.3) is 0 Å². The van der Waals surface area contributed by atoms with E-state index in [1.165, 1.54) is 0 Å². The Bertz CT molecular complexity index is 138. The molecule has 3 N–H and O–H groups in total. The molecule has 0 aliphatic carbocycles. The van der Waals surface area contributed by atoms with Crippen molar-refractivity contribution in [3.63, 3.8) is 0 Å². The third-order valence-electron chi connectivity index (χ3n) is 1.60. The third-order valence-corrected chi connectivity index (χ3v) is 1.60. The summed E-state index contributed by atoms with van der Waals surface area (Å²) < 4.78 is 0. The van der Waals surface area contributed by atoms with Crippen LogP contribution in [0.3, 0.4) is 0 Å². The van der Waals surface area contributed by atoms with E-state index >= 15 is 0 Å². The number of amides is 1. The topological polar surface area (TPSA) is 55.1 Å². The zero-order chi connectivity index (χ0) is 9.61. The molecule has 0 aromatic rings. The molecule has 0 saturated carbocycles. The Morgan fingerprint density at radius 1 is 1.33 bits per heavy atom. The molecular weight excluding hydrogens is 152 g/mol. The van der Waals surface area contributed by atoms with Crippen LogP contribution in [0.15, 0.2) is 0 Å². The van der Waals surface area contributed by atoms with Crippen molar-refractivity contribution in [2.75, 3.05) is 13.1 Å². The number of hydrogen-bond acceptors (Lipinski definition) is 2. The maximum Gasteiger partial charge on any atom is 0.225 e. The standard InChI is InChI=1S/C9H20N2O/c1-9(2,3)8(12)11-7-5-4-6-10/h4-7,10H2,1-3H3,(H,11,12). The van der Waals surface area contributed by atoms with Crippen LogP contribution in [0.2, 0.25) is 0 Å². The Balaban J connectivity index is 3.45. The first-order valence-electron chi connectivity index (χ1n) is 4.47. The summed E-state index contributed by atoms with van der Waals surface area (Å²) in [6.07, 6.45) is 1.95. The first kappa shape index (κ1) is 11.4. The van der Waals surface area contributed by atoms with Gasteiger partial charge in [0.25, 0.3) is 0 Å². The van der Waals surface area contributed by atoms with Crippen LogP contribution >= 0.6 is 0 Å². The van der Waals surface area contributed by atoms with Crippen LogP contribution in [-0.2, 0) is 4.79 Å². The summed E-state index contributed by atoms with van der Waals surface area (Å²) in [5.41, 5.74) is 5.04. The zero-order valence-electron chi connectivity index (χ0n) is 8.31. The fraction of sp³-hybridized carbons (Fsp3) is 0.889. The van der Waals surface area contributed by atoms with E-state index in [1.807, 2.05) is 20.8 Å². The van der Waals surface area contributed by atoms with E-state index in [0.717, 1.165) is 19.4 Å². The van der Waals surface area contributed by atoms with E-state index in [9.17, 15) is 4.79 Å². The molecule has 3 heteroatoms. The minimum absolute atomic E-state index is 0.111. The van der Waals surface area contributed by atoms with Crippen molar-refractivity contribution in [2.24, 2.45) is 11.1 Å². The lowest BCUT2D eigenvalue weighted by atomic mass is 9.96. The summed E-state index contributed by atoms with van der Waals surface area (Å²) in [5.74, 6) is 0.111. The number of rotatable bonds is 4. The van der Waals surface area contributed by atoms with Gasteiger partial charge in [-0.3, -0.25) is 4.79 Å². The molecule has 0 aromatic heterocycles. The van der Waals surface area contributed by atoms with Gasteiger partial charge >= 0.3 is 0 Å². The fourth-order valence-electron chi connectivity index (χ4n) is 0.736. The van der Waals surface area contributed by atoms with Crippen LogP contribution < -0.4 is 11.1 Å². The smallest absolute Gasteiger partial charge is 0.225 e. The van der Waals surface area contributed by atoms with Crippen LogP contribution in [0.5, 0.6) is 0 Å². The van der Waals surface area contributed by atoms with Crippen molar-refractivity contribution in [1.29, 1.82) is 0 Å². The third kappa shape index (κ3) is 5.13. The second-order valence-corrected chi connectivity index (χ2v) is 4.00. The van der Waals surface area contributed by atoms with Crippen LogP contribution in [-0.4, -0.2) is 19.0 Å². The first-order chi connectivity index (χ1) is 5.48. The Labute approximate surface area is 74.7 Å². The molecule has 0 spiro atoms. The molecule has 0 aliphatic rings. The average molecular weight is 172 g/mol. The van der Waals surface area contributed by atoms with Gasteiger partial charge in [-0.15, -0.1) is 0 Å². The predicted molar refractivity (Wildman–Crippen MR) is 50.8 cm³/mol. The molecule has 0 aliphatic heterocycles. The van der Waals surface area contributed by atoms with Gasteiger partial charge in [0.05, 0.1) is 0 Å². The quantitative estimate of drug-likeness (QED) is 0.619. The molecule has 12 heavy (non-hydrogen) atoms. The Hall–Kier alpha value is -0.570. The second kappa shape index (κ2) is 5.14. The number of carbonyl (C=O) groups is 1. The monoisotopic (exact) mass is 172 g/mol. The molecule has 0 rings (SSSR count). The minimum atomic E-state index is -0.275. The van der Waals surface area contributed by atoms with Crippen LogP contribution in [0, 0.1) is 5.41 Å². The summed E-state index contributed by atoms with van der Waals surface area (Å²) in [5, 5.41) is 2.86. The molecule has 3 nitrogen and oxygen atoms in total. The highest BCUT2D eigenvalue weighted by Crippen LogP contribution is 2.11. The Kier molecular flexibility index (Phi) is 4.90. The second-order valence-electron chi connectivity index (χ2n) is 4.00. The normalized spacial score (nSPS) is 11.3. The highest BCUT2D eigenvalue weighted by Gasteiger charge is 2.19. The van der Waals surface area contributed by atoms with Crippen molar-refractivity contribution >= 4 is 5.91 Å². The molecule has 0 saturated heterocycles. The SMILES string of the molecule is CC(C)(C)C(=O)NCCCCN. The van der Waals surface area contributed by atoms with Crippen molar-refractivity contribution < 1.29 is 4.79 Å². The van der Waals surface area contributed by atoms with Gasteiger partial charge in [-0.05, 0) is 19.4 Å². The van der Waals surface area contributed by atoms with E-state index < -0.39 is 0 Å². The molecule has 0 radical (unpaired) electrons. The first-order valence-corrected chi connectivity index (χ1v) is 4.47. The molecule has 72 valence electrons. The lowest BCUT2D eigenvalue weighted by molar-refractivity contribution is -0.128. The van der Waals surface area contributed by atoms with Crippen LogP contribution in [0.1, 0.15) is 33.6 Å². The maximum absolute atomic E-state index is 11.3. The van der Waals surface area contributed by atoms with Gasteiger partial charge in [0.2, 0.25) is 5.91 Å². The molecule has 1 amide bonds. The lowest BCUT2D eigenvalue weighted by Crippen LogP contribution is -2.35. The van der Waals surface area contributed by atoms with Gasteiger partial charge in [-0.2, -0.15) is 0 Å². The van der Waals surface area contributed by atoms with Crippen molar-refractivity contribution in [1.82, 2.24) is 5.32 Å². The fourth-order valence-corrected chi connectivity index (χ4v) is 0.736. The van der Waals surface area contributed by atoms with Gasteiger partial charge in [0, 0.05) is 12.0 Å². The van der Waals surface area contributed by atoms with E-state index in [0.29, 0.717) is 6.54 Å². The van der Waals surface area contributed by atoms with E-state index in [2.05, 4.69) is 5.32 Å². The number of unbranched alkanes of at least 4 members (excludes halogenated alkanes) is 1. The molecule has 0 unspecified atom stereocenters. The van der Waals surface area contributed by atoms with Gasteiger partial charge in [0.15, 0.2) is 0 Å². The van der Waals surface area contributed by atoms with E-state index in [4.69, 9.17) is 5.73 Å². The summed E-state index contributed by atoms with van der Waals surface area (Å²) in [4.78, 5) is 11.3. The van der Waals surface area contributed by atoms with Gasteiger partial charge in [0.1, 0.15) is 0 Å². The van der Waals surface area contributed by atoms with Gasteiger partial charge in [-0.25, -0.2) is 0 Å². The number of hydrogen-bond donors (Lipinski definition) is 2. The molecule has 0 aromatic carbocycles. The zero-order valence-corrected chi connectivity index (χ0v) is 8.31. The summed E-state index contributed by atoms with van der Waals surface area (Å²) in [7, 11) is 0. The summed E-state index contributed by atoms with van der Waals surface area (Å²) in [6.45, 7) is 7.17. The predicted octanol–water partition coefficient (Wildman–Crippen LogP) is 0.888. The van der Waals surface area contributed by atoms with Crippen molar-refractivity contribution in [3.05, 3.63) is 0 Å². The van der Waals surface area contributed by atoms with E-state index in [-0.39, 0.29) is 11.3 Å². The number of carbonyl (C=O) groups excluding carboxylic acids is 1. The lowest BCUT2D eigenvalue weighted by Gasteiger charge is -2.17. The summed E-state index contributed by atoms with van der Waals surface area (Å²) in [6, 6.07) is 0. The van der Waals surface area contributed by atoms with Gasteiger partial charge < -0.3 is 11.1 Å². The van der Waals surface area contributed by atoms with Crippen LogP contribution in [0.4, 0.5) is 0 Å². The Morgan fingerprint density at radius 3 is 2.33 bits per heavy atom. The number of nitrogens with one attached hydrogen (secondary N) is 1. The van der Waals surface area contributed by atoms with Gasteiger partial charge in [-0.1, -0.05) is 20.8 Å². The molecule has 0 atom stereocenters. The minimum Gasteiger partial charge on any atom is -0.356 e. The van der Waals surface area contributed by atoms with E-state index in [1.54, 1.807) is 0 Å². The highest BCUT2D eigenvalue weighted by atomic mass is 16.2. The largest absolute Gasteiger partial charge is 0.356 e. The van der Waals surface area contributed by atoms with Crippen molar-refractivity contribution in [3.8, 4) is 0 Å². The Morgan fingerprint density at radius 2 is 1.92 bits per heavy atom. The molecule has 0 heterocycles. The van der Waals surface area contributed by atoms with Crippen molar-refractivity contribution in [2.45, 2.75) is 33.6 Å².